The Morgan fingerprint density at radius 3 is 2.82 bits per heavy atom. The highest BCUT2D eigenvalue weighted by molar-refractivity contribution is 6.09. The highest BCUT2D eigenvalue weighted by atomic mass is 14.8. The molecule has 0 amide bonds. The Kier molecular flexibility index (Phi) is 3.02. The van der Waals surface area contributed by atoms with Crippen molar-refractivity contribution >= 4 is 12.1 Å². The average Bonchev–Trinajstić information content (AvgIpc) is 2.37. The molecule has 0 aromatic carbocycles. The van der Waals surface area contributed by atoms with Crippen molar-refractivity contribution in [1.29, 1.82) is 5.41 Å². The zero-order valence-electron chi connectivity index (χ0n) is 6.93. The number of hydrogen-bond acceptors (Lipinski definition) is 1. The summed E-state index contributed by atoms with van der Waals surface area (Å²) in [5.41, 5.74) is 1.10. The summed E-state index contributed by atoms with van der Waals surface area (Å²) in [4.78, 5) is 3.86. The molecule has 0 aliphatic carbocycles. The van der Waals surface area contributed by atoms with E-state index >= 15 is 0 Å². The predicted molar refractivity (Wildman–Crippen MR) is 48.4 cm³/mol. The molecule has 0 radical (unpaired) electrons. The number of nitrogens with zero attached hydrogens (tertiary/aromatic N) is 1. The van der Waals surface area contributed by atoms with E-state index in [4.69, 9.17) is 5.41 Å². The Morgan fingerprint density at radius 1 is 1.45 bits per heavy atom. The molecule has 0 unspecified atom stereocenters. The Hall–Kier alpha value is -0.920. The van der Waals surface area contributed by atoms with Crippen LogP contribution in [0.2, 0.25) is 0 Å². The van der Waals surface area contributed by atoms with Gasteiger partial charge in [0.15, 0.2) is 0 Å². The van der Waals surface area contributed by atoms with Gasteiger partial charge in [-0.3, -0.25) is 5.41 Å². The molecule has 0 aromatic heterocycles. The predicted octanol–water partition coefficient (Wildman–Crippen LogP) is 2.55. The van der Waals surface area contributed by atoms with Gasteiger partial charge in [-0.1, -0.05) is 19.8 Å². The van der Waals surface area contributed by atoms with Crippen LogP contribution in [0.15, 0.2) is 16.6 Å². The maximum Gasteiger partial charge on any atom is 0.147 e. The summed E-state index contributed by atoms with van der Waals surface area (Å²) in [6, 6.07) is 0. The van der Waals surface area contributed by atoms with Crippen LogP contribution in [0.5, 0.6) is 0 Å². The molecule has 0 atom stereocenters. The van der Waals surface area contributed by atoms with Gasteiger partial charge in [0.1, 0.15) is 5.84 Å². The molecular weight excluding hydrogens is 136 g/mol. The lowest BCUT2D eigenvalue weighted by Crippen LogP contribution is -1.92. The number of aliphatic imine (C=N–C) groups is 1. The summed E-state index contributed by atoms with van der Waals surface area (Å²) >= 11 is 0. The number of amidine groups is 1. The van der Waals surface area contributed by atoms with E-state index in [0.29, 0.717) is 5.84 Å². The summed E-state index contributed by atoms with van der Waals surface area (Å²) in [5.74, 6) is 0.459. The van der Waals surface area contributed by atoms with E-state index in [2.05, 4.69) is 11.9 Å². The Balaban J connectivity index is 2.23. The second-order valence-electron chi connectivity index (χ2n) is 2.78. The molecule has 1 aliphatic heterocycles. The van der Waals surface area contributed by atoms with Gasteiger partial charge < -0.3 is 0 Å². The molecule has 1 heterocycles. The molecule has 1 aliphatic rings. The number of rotatable bonds is 4. The molecule has 0 saturated heterocycles. The quantitative estimate of drug-likeness (QED) is 0.598. The molecule has 2 nitrogen and oxygen atoms in total. The first-order chi connectivity index (χ1) is 5.34. The zero-order valence-corrected chi connectivity index (χ0v) is 6.93. The van der Waals surface area contributed by atoms with Crippen LogP contribution in [0.1, 0.15) is 32.6 Å². The van der Waals surface area contributed by atoms with Gasteiger partial charge in [-0.15, -0.1) is 0 Å². The normalized spacial score (nSPS) is 15.7. The van der Waals surface area contributed by atoms with Crippen molar-refractivity contribution < 1.29 is 0 Å². The Bertz CT molecular complexity index is 202. The maximum absolute atomic E-state index is 7.38. The van der Waals surface area contributed by atoms with Crippen LogP contribution < -0.4 is 0 Å². The van der Waals surface area contributed by atoms with Crippen molar-refractivity contribution in [3.8, 4) is 0 Å². The Labute approximate surface area is 67.5 Å². The van der Waals surface area contributed by atoms with Crippen LogP contribution in [0, 0.1) is 5.41 Å². The van der Waals surface area contributed by atoms with E-state index in [1.54, 1.807) is 6.21 Å². The fraction of sp³-hybridized carbons (Fsp3) is 0.556. The molecule has 0 fully saturated rings. The third kappa shape index (κ3) is 2.30. The molecule has 11 heavy (non-hydrogen) atoms. The first kappa shape index (κ1) is 8.18. The molecular formula is C9H14N2. The third-order valence-electron chi connectivity index (χ3n) is 1.83. The largest absolute Gasteiger partial charge is 0.283 e. The van der Waals surface area contributed by atoms with Crippen LogP contribution in [0.25, 0.3) is 0 Å². The van der Waals surface area contributed by atoms with E-state index in [9.17, 15) is 0 Å². The maximum atomic E-state index is 7.38. The zero-order chi connectivity index (χ0) is 8.10. The topological polar surface area (TPSA) is 36.2 Å². The van der Waals surface area contributed by atoms with Gasteiger partial charge in [-0.25, -0.2) is 4.99 Å². The van der Waals surface area contributed by atoms with Crippen molar-refractivity contribution in [1.82, 2.24) is 0 Å². The number of hydrogen-bond donors (Lipinski definition) is 1. The molecule has 0 bridgehead atoms. The fourth-order valence-electron chi connectivity index (χ4n) is 1.13. The molecule has 1 rings (SSSR count). The summed E-state index contributed by atoms with van der Waals surface area (Å²) in [7, 11) is 0. The van der Waals surface area contributed by atoms with Gasteiger partial charge in [-0.05, 0) is 24.5 Å². The number of unbranched alkanes of at least 4 members (excludes halogenated alkanes) is 2. The fourth-order valence-corrected chi connectivity index (χ4v) is 1.13. The van der Waals surface area contributed by atoms with E-state index in [1.807, 2.05) is 6.08 Å². The molecule has 1 N–H and O–H groups in total. The van der Waals surface area contributed by atoms with Crippen LogP contribution in [-0.4, -0.2) is 12.1 Å². The van der Waals surface area contributed by atoms with Crippen molar-refractivity contribution in [3.63, 3.8) is 0 Å². The van der Waals surface area contributed by atoms with E-state index < -0.39 is 0 Å². The third-order valence-corrected chi connectivity index (χ3v) is 1.83. The van der Waals surface area contributed by atoms with E-state index in [-0.39, 0.29) is 0 Å². The average molecular weight is 150 g/mol. The van der Waals surface area contributed by atoms with E-state index in [0.717, 1.165) is 12.0 Å². The second-order valence-corrected chi connectivity index (χ2v) is 2.78. The summed E-state index contributed by atoms with van der Waals surface area (Å²) in [5, 5.41) is 7.38. The van der Waals surface area contributed by atoms with Crippen molar-refractivity contribution in [2.45, 2.75) is 32.6 Å². The van der Waals surface area contributed by atoms with Crippen molar-refractivity contribution in [2.75, 3.05) is 0 Å². The highest BCUT2D eigenvalue weighted by Gasteiger charge is 2.05. The second kappa shape index (κ2) is 4.06. The van der Waals surface area contributed by atoms with Gasteiger partial charge >= 0.3 is 0 Å². The van der Waals surface area contributed by atoms with Crippen LogP contribution in [0.3, 0.4) is 0 Å². The monoisotopic (exact) mass is 150 g/mol. The molecule has 0 spiro atoms. The SMILES string of the molecule is CCCCCC1=CC=NC1=N. The van der Waals surface area contributed by atoms with Crippen molar-refractivity contribution in [3.05, 3.63) is 11.6 Å². The highest BCUT2D eigenvalue weighted by Crippen LogP contribution is 2.12. The smallest absolute Gasteiger partial charge is 0.147 e. The minimum atomic E-state index is 0.459. The minimum Gasteiger partial charge on any atom is -0.283 e. The summed E-state index contributed by atoms with van der Waals surface area (Å²) < 4.78 is 0. The Morgan fingerprint density at radius 2 is 2.27 bits per heavy atom. The lowest BCUT2D eigenvalue weighted by Gasteiger charge is -1.98. The lowest BCUT2D eigenvalue weighted by atomic mass is 10.1. The van der Waals surface area contributed by atoms with Gasteiger partial charge in [0.05, 0.1) is 0 Å². The molecule has 60 valence electrons. The minimum absolute atomic E-state index is 0.459. The lowest BCUT2D eigenvalue weighted by molar-refractivity contribution is 0.722. The van der Waals surface area contributed by atoms with Gasteiger partial charge in [0.25, 0.3) is 0 Å². The first-order valence-corrected chi connectivity index (χ1v) is 4.16. The summed E-state index contributed by atoms with van der Waals surface area (Å²) in [6.07, 6.45) is 8.36. The number of nitrogens with one attached hydrogen (secondary N) is 1. The van der Waals surface area contributed by atoms with Gasteiger partial charge in [0, 0.05) is 6.21 Å². The molecule has 0 aromatic rings. The standard InChI is InChI=1S/C9H14N2/c1-2-3-4-5-8-6-7-11-9(8)10/h6-7,10H,2-5H2,1H3. The van der Waals surface area contributed by atoms with Crippen LogP contribution in [-0.2, 0) is 0 Å². The van der Waals surface area contributed by atoms with Crippen LogP contribution in [0.4, 0.5) is 0 Å². The van der Waals surface area contributed by atoms with Gasteiger partial charge in [-0.2, -0.15) is 0 Å². The summed E-state index contributed by atoms with van der Waals surface area (Å²) in [6.45, 7) is 2.19. The van der Waals surface area contributed by atoms with Crippen molar-refractivity contribution in [2.24, 2.45) is 4.99 Å². The van der Waals surface area contributed by atoms with Gasteiger partial charge in [0.2, 0.25) is 0 Å². The van der Waals surface area contributed by atoms with Crippen LogP contribution >= 0.6 is 0 Å². The number of allylic oxidation sites excluding steroid dienone is 1. The first-order valence-electron chi connectivity index (χ1n) is 4.16. The molecule has 0 saturated carbocycles. The molecule has 2 heteroatoms. The van der Waals surface area contributed by atoms with E-state index in [1.165, 1.54) is 19.3 Å².